The zero-order valence-electron chi connectivity index (χ0n) is 13.4. The van der Waals surface area contributed by atoms with Crippen molar-refractivity contribution in [1.29, 1.82) is 0 Å². The molecular weight excluding hydrogens is 304 g/mol. The Labute approximate surface area is 139 Å². The predicted molar refractivity (Wildman–Crippen MR) is 89.4 cm³/mol. The molecule has 6 nitrogen and oxygen atoms in total. The second-order valence-corrected chi connectivity index (χ2v) is 6.11. The van der Waals surface area contributed by atoms with E-state index < -0.39 is 0 Å². The molecule has 0 saturated heterocycles. The van der Waals surface area contributed by atoms with Crippen molar-refractivity contribution in [3.63, 3.8) is 0 Å². The van der Waals surface area contributed by atoms with Crippen molar-refractivity contribution in [1.82, 2.24) is 19.4 Å². The van der Waals surface area contributed by atoms with Gasteiger partial charge in [-0.25, -0.2) is 9.97 Å². The summed E-state index contributed by atoms with van der Waals surface area (Å²) < 4.78 is 1.95. The van der Waals surface area contributed by atoms with Gasteiger partial charge in [0.05, 0.1) is 36.7 Å². The number of carbonyl (C=O) groups excluding carboxylic acids is 1. The lowest BCUT2D eigenvalue weighted by atomic mass is 10.0. The molecule has 1 aliphatic heterocycles. The number of fused-ring (bicyclic) bond motifs is 2. The van der Waals surface area contributed by atoms with E-state index in [0.717, 1.165) is 22.3 Å². The van der Waals surface area contributed by atoms with Crippen molar-refractivity contribution >= 4 is 16.8 Å². The molecule has 0 spiro atoms. The lowest BCUT2D eigenvalue weighted by Gasteiger charge is -2.34. The zero-order chi connectivity index (χ0) is 16.7. The number of aryl methyl sites for hydroxylation is 1. The van der Waals surface area contributed by atoms with Crippen LogP contribution in [0.2, 0.25) is 0 Å². The van der Waals surface area contributed by atoms with Gasteiger partial charge in [0.15, 0.2) is 0 Å². The Hall–Kier alpha value is -2.73. The van der Waals surface area contributed by atoms with Crippen LogP contribution in [0.1, 0.15) is 21.9 Å². The van der Waals surface area contributed by atoms with Crippen LogP contribution in [0.4, 0.5) is 0 Å². The number of amides is 1. The first kappa shape index (κ1) is 14.8. The Morgan fingerprint density at radius 2 is 2.12 bits per heavy atom. The van der Waals surface area contributed by atoms with Gasteiger partial charge in [0.2, 0.25) is 0 Å². The Morgan fingerprint density at radius 3 is 2.96 bits per heavy atom. The van der Waals surface area contributed by atoms with Crippen molar-refractivity contribution in [2.24, 2.45) is 7.05 Å². The fourth-order valence-corrected chi connectivity index (χ4v) is 3.25. The van der Waals surface area contributed by atoms with E-state index in [9.17, 15) is 9.90 Å². The van der Waals surface area contributed by atoms with Crippen molar-refractivity contribution in [2.75, 3.05) is 6.61 Å². The summed E-state index contributed by atoms with van der Waals surface area (Å²) >= 11 is 0. The smallest absolute Gasteiger partial charge is 0.273 e. The van der Waals surface area contributed by atoms with Crippen molar-refractivity contribution in [2.45, 2.75) is 19.0 Å². The highest BCUT2D eigenvalue weighted by Crippen LogP contribution is 2.24. The highest BCUT2D eigenvalue weighted by molar-refractivity contribution is 5.95. The number of pyridine rings is 1. The summed E-state index contributed by atoms with van der Waals surface area (Å²) in [6.45, 7) is 0.318. The summed E-state index contributed by atoms with van der Waals surface area (Å²) in [5.41, 5.74) is 3.15. The second-order valence-electron chi connectivity index (χ2n) is 6.11. The molecule has 1 amide bonds. The van der Waals surface area contributed by atoms with Gasteiger partial charge in [-0.3, -0.25) is 4.79 Å². The molecule has 0 aliphatic carbocycles. The number of hydrogen-bond donors (Lipinski definition) is 1. The van der Waals surface area contributed by atoms with Crippen LogP contribution in [0.25, 0.3) is 10.9 Å². The lowest BCUT2D eigenvalue weighted by Crippen LogP contribution is -2.46. The number of imidazole rings is 1. The third-order valence-electron chi connectivity index (χ3n) is 4.62. The largest absolute Gasteiger partial charge is 0.394 e. The van der Waals surface area contributed by atoms with Crippen LogP contribution in [0, 0.1) is 0 Å². The Kier molecular flexibility index (Phi) is 3.54. The predicted octanol–water partition coefficient (Wildman–Crippen LogP) is 1.53. The third-order valence-corrected chi connectivity index (χ3v) is 4.62. The number of aliphatic hydroxyl groups is 1. The number of hydrogen-bond acceptors (Lipinski definition) is 4. The molecule has 1 atom stereocenters. The standard InChI is InChI=1S/C18H18N4O2/c1-21-11-19-16-9-22(13(10-23)8-17(16)21)18(24)15-7-6-12-4-2-3-5-14(12)20-15/h2-7,11,13,23H,8-10H2,1H3/t13-/m0/s1. The molecule has 0 fully saturated rings. The highest BCUT2D eigenvalue weighted by Gasteiger charge is 2.32. The van der Waals surface area contributed by atoms with Gasteiger partial charge in [-0.15, -0.1) is 0 Å². The quantitative estimate of drug-likeness (QED) is 0.777. The number of aliphatic hydroxyl groups excluding tert-OH is 1. The van der Waals surface area contributed by atoms with Gasteiger partial charge in [-0.2, -0.15) is 0 Å². The van der Waals surface area contributed by atoms with Gasteiger partial charge in [0.25, 0.3) is 5.91 Å². The maximum Gasteiger partial charge on any atom is 0.273 e. The molecule has 4 rings (SSSR count). The summed E-state index contributed by atoms with van der Waals surface area (Å²) in [5, 5.41) is 10.7. The molecule has 3 heterocycles. The minimum absolute atomic E-state index is 0.0794. The zero-order valence-corrected chi connectivity index (χ0v) is 13.4. The van der Waals surface area contributed by atoms with Crippen molar-refractivity contribution in [3.8, 4) is 0 Å². The van der Waals surface area contributed by atoms with Gasteiger partial charge < -0.3 is 14.6 Å². The van der Waals surface area contributed by atoms with Crippen LogP contribution in [-0.2, 0) is 20.0 Å². The summed E-state index contributed by atoms with van der Waals surface area (Å²) in [6.07, 6.45) is 2.35. The molecule has 1 N–H and O–H groups in total. The van der Waals surface area contributed by atoms with E-state index in [2.05, 4.69) is 9.97 Å². The van der Waals surface area contributed by atoms with E-state index in [1.165, 1.54) is 0 Å². The van der Waals surface area contributed by atoms with E-state index in [1.807, 2.05) is 41.9 Å². The van der Waals surface area contributed by atoms with Crippen LogP contribution in [0.3, 0.4) is 0 Å². The first-order valence-electron chi connectivity index (χ1n) is 7.94. The molecule has 0 bridgehead atoms. The fourth-order valence-electron chi connectivity index (χ4n) is 3.25. The highest BCUT2D eigenvalue weighted by atomic mass is 16.3. The molecule has 0 saturated carbocycles. The Morgan fingerprint density at radius 1 is 1.29 bits per heavy atom. The summed E-state index contributed by atoms with van der Waals surface area (Å²) in [5.74, 6) is -0.170. The fraction of sp³-hybridized carbons (Fsp3) is 0.278. The van der Waals surface area contributed by atoms with Gasteiger partial charge in [0, 0.05) is 24.5 Å². The molecule has 1 aromatic carbocycles. The third kappa shape index (κ3) is 2.35. The number of carbonyl (C=O) groups is 1. The summed E-state index contributed by atoms with van der Waals surface area (Å²) in [6, 6.07) is 11.1. The van der Waals surface area contributed by atoms with E-state index in [0.29, 0.717) is 18.7 Å². The molecule has 122 valence electrons. The monoisotopic (exact) mass is 322 g/mol. The van der Waals surface area contributed by atoms with E-state index in [-0.39, 0.29) is 18.6 Å². The topological polar surface area (TPSA) is 71.2 Å². The van der Waals surface area contributed by atoms with Crippen molar-refractivity contribution < 1.29 is 9.90 Å². The normalized spacial score (nSPS) is 17.1. The molecular formula is C18H18N4O2. The minimum Gasteiger partial charge on any atom is -0.394 e. The van der Waals surface area contributed by atoms with Gasteiger partial charge in [-0.1, -0.05) is 24.3 Å². The average molecular weight is 322 g/mol. The first-order valence-corrected chi connectivity index (χ1v) is 7.94. The molecule has 2 aromatic heterocycles. The minimum atomic E-state index is -0.256. The maximum atomic E-state index is 12.9. The number of nitrogens with zero attached hydrogens (tertiary/aromatic N) is 4. The molecule has 0 radical (unpaired) electrons. The number of aromatic nitrogens is 3. The first-order chi connectivity index (χ1) is 11.7. The number of rotatable bonds is 2. The van der Waals surface area contributed by atoms with E-state index in [4.69, 9.17) is 0 Å². The SMILES string of the molecule is Cn1cnc2c1C[C@@H](CO)N(C(=O)c1ccc3ccccc3n1)C2. The van der Waals surface area contributed by atoms with E-state index in [1.54, 1.807) is 17.3 Å². The van der Waals surface area contributed by atoms with Gasteiger partial charge in [0.1, 0.15) is 5.69 Å². The van der Waals surface area contributed by atoms with Crippen LogP contribution < -0.4 is 0 Å². The summed E-state index contributed by atoms with van der Waals surface area (Å²) in [7, 11) is 1.93. The molecule has 24 heavy (non-hydrogen) atoms. The molecule has 0 unspecified atom stereocenters. The Balaban J connectivity index is 1.69. The van der Waals surface area contributed by atoms with Crippen LogP contribution in [0.5, 0.6) is 0 Å². The summed E-state index contributed by atoms with van der Waals surface area (Å²) in [4.78, 5) is 23.5. The second kappa shape index (κ2) is 5.72. The Bertz CT molecular complexity index is 918. The lowest BCUT2D eigenvalue weighted by molar-refractivity contribution is 0.0530. The molecule has 3 aromatic rings. The number of benzene rings is 1. The van der Waals surface area contributed by atoms with Gasteiger partial charge in [-0.05, 0) is 12.1 Å². The van der Waals surface area contributed by atoms with E-state index >= 15 is 0 Å². The molecule has 6 heteroatoms. The van der Waals surface area contributed by atoms with Crippen LogP contribution >= 0.6 is 0 Å². The van der Waals surface area contributed by atoms with Crippen molar-refractivity contribution in [3.05, 3.63) is 59.8 Å². The maximum absolute atomic E-state index is 12.9. The molecule has 1 aliphatic rings. The average Bonchev–Trinajstić information content (AvgIpc) is 2.99. The van der Waals surface area contributed by atoms with Crippen LogP contribution in [0.15, 0.2) is 42.7 Å². The van der Waals surface area contributed by atoms with Crippen LogP contribution in [-0.4, -0.2) is 43.1 Å². The van der Waals surface area contributed by atoms with Gasteiger partial charge >= 0.3 is 0 Å². The number of para-hydroxylation sites is 1.